The molecule has 0 radical (unpaired) electrons. The van der Waals surface area contributed by atoms with Gasteiger partial charge in [0.1, 0.15) is 11.3 Å². The number of nitrogens with zero attached hydrogens (tertiary/aromatic N) is 5. The number of pyridine rings is 1. The van der Waals surface area contributed by atoms with Crippen molar-refractivity contribution in [3.63, 3.8) is 0 Å². The molecule has 1 N–H and O–H groups in total. The van der Waals surface area contributed by atoms with E-state index in [4.69, 9.17) is 14.2 Å². The summed E-state index contributed by atoms with van der Waals surface area (Å²) in [5, 5.41) is 20.9. The lowest BCUT2D eigenvalue weighted by atomic mass is 9.96. The van der Waals surface area contributed by atoms with Crippen LogP contribution >= 0.6 is 0 Å². The molecule has 1 atom stereocenters. The van der Waals surface area contributed by atoms with Crippen LogP contribution in [0.5, 0.6) is 0 Å². The van der Waals surface area contributed by atoms with Crippen molar-refractivity contribution in [2.24, 2.45) is 0 Å². The van der Waals surface area contributed by atoms with Crippen molar-refractivity contribution >= 4 is 16.9 Å². The van der Waals surface area contributed by atoms with Crippen LogP contribution in [0.1, 0.15) is 25.3 Å². The van der Waals surface area contributed by atoms with Crippen molar-refractivity contribution in [2.45, 2.75) is 31.2 Å². The molecule has 132 valence electrons. The van der Waals surface area contributed by atoms with Gasteiger partial charge in [0, 0.05) is 18.3 Å². The number of rotatable bonds is 3. The summed E-state index contributed by atoms with van der Waals surface area (Å²) in [5.74, 6) is 0.841. The highest BCUT2D eigenvalue weighted by atomic mass is 16.5. The van der Waals surface area contributed by atoms with Gasteiger partial charge in [0.05, 0.1) is 36.4 Å². The molecule has 2 fully saturated rings. The minimum atomic E-state index is -0.490. The molecule has 0 bridgehead atoms. The van der Waals surface area contributed by atoms with Crippen molar-refractivity contribution in [3.8, 4) is 17.5 Å². The second-order valence-corrected chi connectivity index (χ2v) is 7.02. The number of morpholine rings is 1. The average Bonchev–Trinajstić information content (AvgIpc) is 3.06. The second kappa shape index (κ2) is 5.54. The molecule has 1 saturated carbocycles. The molecule has 2 aliphatic rings. The van der Waals surface area contributed by atoms with E-state index in [-0.39, 0.29) is 6.04 Å². The maximum atomic E-state index is 9.73. The van der Waals surface area contributed by atoms with Crippen LogP contribution in [0.2, 0.25) is 0 Å². The molecule has 0 amide bonds. The number of H-pyrrole nitrogens is 1. The largest absolute Gasteiger partial charge is 0.377 e. The van der Waals surface area contributed by atoms with Crippen LogP contribution in [0.25, 0.3) is 22.5 Å². The first-order chi connectivity index (χ1) is 12.7. The van der Waals surface area contributed by atoms with Crippen molar-refractivity contribution in [2.75, 3.05) is 24.7 Å². The van der Waals surface area contributed by atoms with Gasteiger partial charge >= 0.3 is 0 Å². The average molecular weight is 350 g/mol. The Balaban J connectivity index is 1.73. The lowest BCUT2D eigenvalue weighted by molar-refractivity contribution is 0.0985. The highest BCUT2D eigenvalue weighted by Gasteiger charge is 2.48. The first kappa shape index (κ1) is 15.3. The van der Waals surface area contributed by atoms with E-state index in [2.05, 4.69) is 33.2 Å². The molecule has 0 spiro atoms. The fourth-order valence-electron chi connectivity index (χ4n) is 3.61. The Hall–Kier alpha value is -2.92. The van der Waals surface area contributed by atoms with Gasteiger partial charge in [-0.2, -0.15) is 10.4 Å². The monoisotopic (exact) mass is 350 g/mol. The standard InChI is InChI=1S/C18H18N6O2/c1-11-9-25-7-6-24(11)14-8-12(18(10-19)3-4-18)17-16(21-14)15(23-26-17)13-2-5-20-22-13/h2,5,8,11H,3-4,6-7,9H2,1H3,(H,20,22). The van der Waals surface area contributed by atoms with Crippen molar-refractivity contribution in [1.29, 1.82) is 5.26 Å². The topological polar surface area (TPSA) is 104 Å². The van der Waals surface area contributed by atoms with Gasteiger partial charge in [-0.1, -0.05) is 5.16 Å². The normalized spacial score (nSPS) is 21.7. The molecule has 4 heterocycles. The zero-order chi connectivity index (χ0) is 17.7. The lowest BCUT2D eigenvalue weighted by Crippen LogP contribution is -2.44. The number of nitriles is 1. The van der Waals surface area contributed by atoms with Crippen LogP contribution < -0.4 is 4.90 Å². The summed E-state index contributed by atoms with van der Waals surface area (Å²) < 4.78 is 11.2. The summed E-state index contributed by atoms with van der Waals surface area (Å²) in [6, 6.07) is 6.52. The molecular weight excluding hydrogens is 332 g/mol. The summed E-state index contributed by atoms with van der Waals surface area (Å²) in [4.78, 5) is 7.08. The van der Waals surface area contributed by atoms with E-state index < -0.39 is 5.41 Å². The number of aromatic amines is 1. The van der Waals surface area contributed by atoms with Gasteiger partial charge in [0.15, 0.2) is 11.3 Å². The number of hydrogen-bond donors (Lipinski definition) is 1. The van der Waals surface area contributed by atoms with Crippen molar-refractivity contribution in [1.82, 2.24) is 20.3 Å². The Morgan fingerprint density at radius 3 is 3.00 bits per heavy atom. The van der Waals surface area contributed by atoms with Gasteiger partial charge in [0.25, 0.3) is 0 Å². The molecule has 5 rings (SSSR count). The second-order valence-electron chi connectivity index (χ2n) is 7.02. The van der Waals surface area contributed by atoms with Gasteiger partial charge in [-0.05, 0) is 31.9 Å². The summed E-state index contributed by atoms with van der Waals surface area (Å²) in [6.07, 6.45) is 3.34. The maximum Gasteiger partial charge on any atom is 0.191 e. The molecule has 1 aliphatic carbocycles. The van der Waals surface area contributed by atoms with Crippen LogP contribution in [-0.2, 0) is 10.2 Å². The van der Waals surface area contributed by atoms with Crippen molar-refractivity contribution in [3.05, 3.63) is 23.9 Å². The SMILES string of the molecule is CC1COCCN1c1cc(C2(C#N)CC2)c2onc(-c3ccn[nH]3)c2n1. The molecule has 26 heavy (non-hydrogen) atoms. The predicted molar refractivity (Wildman–Crippen MR) is 93.5 cm³/mol. The van der Waals surface area contributed by atoms with Crippen LogP contribution in [0, 0.1) is 11.3 Å². The van der Waals surface area contributed by atoms with E-state index in [1.54, 1.807) is 6.20 Å². The summed E-state index contributed by atoms with van der Waals surface area (Å²) in [6.45, 7) is 4.21. The molecule has 3 aromatic heterocycles. The molecule has 1 unspecified atom stereocenters. The van der Waals surface area contributed by atoms with Crippen LogP contribution in [-0.4, -0.2) is 46.1 Å². The number of ether oxygens (including phenoxy) is 1. The summed E-state index contributed by atoms with van der Waals surface area (Å²) >= 11 is 0. The fraction of sp³-hybridized carbons (Fsp3) is 0.444. The highest BCUT2D eigenvalue weighted by molar-refractivity contribution is 5.91. The number of hydrogen-bond acceptors (Lipinski definition) is 7. The van der Waals surface area contributed by atoms with Gasteiger partial charge < -0.3 is 14.2 Å². The van der Waals surface area contributed by atoms with Crippen LogP contribution in [0.15, 0.2) is 22.9 Å². The number of aromatic nitrogens is 4. The Morgan fingerprint density at radius 1 is 1.42 bits per heavy atom. The van der Waals surface area contributed by atoms with E-state index in [1.165, 1.54) is 0 Å². The minimum Gasteiger partial charge on any atom is -0.377 e. The number of nitrogens with one attached hydrogen (secondary N) is 1. The molecule has 1 saturated heterocycles. The lowest BCUT2D eigenvalue weighted by Gasteiger charge is -2.34. The minimum absolute atomic E-state index is 0.217. The number of fused-ring (bicyclic) bond motifs is 1. The van der Waals surface area contributed by atoms with Crippen molar-refractivity contribution < 1.29 is 9.26 Å². The number of anilines is 1. The van der Waals surface area contributed by atoms with E-state index in [0.717, 1.165) is 36.5 Å². The van der Waals surface area contributed by atoms with Crippen LogP contribution in [0.3, 0.4) is 0 Å². The fourth-order valence-corrected chi connectivity index (χ4v) is 3.61. The molecule has 0 aromatic carbocycles. The Morgan fingerprint density at radius 2 is 2.31 bits per heavy atom. The van der Waals surface area contributed by atoms with E-state index >= 15 is 0 Å². The zero-order valence-corrected chi connectivity index (χ0v) is 14.4. The first-order valence-electron chi connectivity index (χ1n) is 8.78. The van der Waals surface area contributed by atoms with Crippen LogP contribution in [0.4, 0.5) is 5.82 Å². The molecule has 8 heteroatoms. The maximum absolute atomic E-state index is 9.73. The smallest absolute Gasteiger partial charge is 0.191 e. The highest BCUT2D eigenvalue weighted by Crippen LogP contribution is 2.51. The van der Waals surface area contributed by atoms with Gasteiger partial charge in [-0.15, -0.1) is 0 Å². The predicted octanol–water partition coefficient (Wildman–Crippen LogP) is 2.39. The third-order valence-corrected chi connectivity index (χ3v) is 5.31. The van der Waals surface area contributed by atoms with E-state index in [9.17, 15) is 5.26 Å². The molecule has 3 aromatic rings. The quantitative estimate of drug-likeness (QED) is 0.773. The van der Waals surface area contributed by atoms with E-state index in [1.807, 2.05) is 12.1 Å². The molecule has 1 aliphatic heterocycles. The Kier molecular flexibility index (Phi) is 3.27. The third kappa shape index (κ3) is 2.21. The molecular formula is C18H18N6O2. The van der Waals surface area contributed by atoms with Gasteiger partial charge in [0.2, 0.25) is 0 Å². The third-order valence-electron chi connectivity index (χ3n) is 5.31. The molecule has 8 nitrogen and oxygen atoms in total. The van der Waals surface area contributed by atoms with Gasteiger partial charge in [-0.3, -0.25) is 5.10 Å². The summed E-state index contributed by atoms with van der Waals surface area (Å²) in [5.41, 5.74) is 3.03. The first-order valence-corrected chi connectivity index (χ1v) is 8.78. The summed E-state index contributed by atoms with van der Waals surface area (Å²) in [7, 11) is 0. The van der Waals surface area contributed by atoms with Gasteiger partial charge in [-0.25, -0.2) is 4.98 Å². The zero-order valence-electron chi connectivity index (χ0n) is 14.4. The Bertz CT molecular complexity index is 999. The Labute approximate surface area is 149 Å². The van der Waals surface area contributed by atoms with E-state index in [0.29, 0.717) is 30.0 Å².